The first kappa shape index (κ1) is 7.70. The summed E-state index contributed by atoms with van der Waals surface area (Å²) in [7, 11) is 3.74. The summed E-state index contributed by atoms with van der Waals surface area (Å²) in [4.78, 5) is 1.15. The van der Waals surface area contributed by atoms with Gasteiger partial charge in [-0.25, -0.2) is 0 Å². The van der Waals surface area contributed by atoms with Gasteiger partial charge < -0.3 is 4.18 Å². The van der Waals surface area contributed by atoms with E-state index >= 15 is 0 Å². The van der Waals surface area contributed by atoms with Crippen molar-refractivity contribution in [2.24, 2.45) is 0 Å². The first-order chi connectivity index (χ1) is 4.83. The monoisotopic (exact) mass is 152 g/mol. The first-order valence-electron chi connectivity index (χ1n) is 3.10. The van der Waals surface area contributed by atoms with Crippen LogP contribution in [0.4, 0.5) is 0 Å². The molecule has 0 unspecified atom stereocenters. The van der Waals surface area contributed by atoms with Crippen LogP contribution in [0.15, 0.2) is 29.2 Å². The number of hydrogen-bond donors (Lipinski definition) is 0. The van der Waals surface area contributed by atoms with E-state index in [1.165, 1.54) is 17.5 Å². The Hall–Kier alpha value is -0.405. The molecule has 0 bridgehead atoms. The minimum Gasteiger partial charge on any atom is -0.314 e. The molecule has 0 atom stereocenters. The van der Waals surface area contributed by atoms with Crippen molar-refractivity contribution in [2.45, 2.75) is 4.90 Å². The van der Waals surface area contributed by atoms with Crippen LogP contribution in [0.3, 0.4) is 0 Å². The van der Waals surface area contributed by atoms with E-state index < -0.39 is 0 Å². The minimum absolute atomic E-state index is 1.15. The van der Waals surface area contributed by atoms with E-state index in [0.717, 1.165) is 4.90 Å². The lowest BCUT2D eigenvalue weighted by molar-refractivity contribution is 0.490. The predicted molar refractivity (Wildman–Crippen MR) is 47.5 cm³/mol. The van der Waals surface area contributed by atoms with Gasteiger partial charge in [0.05, 0.1) is 7.11 Å². The van der Waals surface area contributed by atoms with Crippen molar-refractivity contribution in [1.82, 2.24) is 0 Å². The number of benzene rings is 1. The van der Waals surface area contributed by atoms with Crippen LogP contribution in [0.2, 0.25) is 0 Å². The molecule has 0 heterocycles. The summed E-state index contributed by atoms with van der Waals surface area (Å²) in [5.74, 6) is 0. The van der Waals surface area contributed by atoms with Gasteiger partial charge in [0, 0.05) is 16.9 Å². The smallest absolute Gasteiger partial charge is 0.139 e. The maximum Gasteiger partial charge on any atom is 0.139 e. The largest absolute Gasteiger partial charge is 0.314 e. The van der Waals surface area contributed by atoms with Crippen LogP contribution >= 0.6 is 12.0 Å². The lowest BCUT2D eigenvalue weighted by atomic mass is 9.97. The molecule has 0 aliphatic rings. The second kappa shape index (κ2) is 3.69. The van der Waals surface area contributed by atoms with E-state index in [1.54, 1.807) is 7.11 Å². The molecule has 1 aromatic carbocycles. The average molecular weight is 152 g/mol. The van der Waals surface area contributed by atoms with Crippen LogP contribution in [0.5, 0.6) is 0 Å². The fourth-order valence-corrected chi connectivity index (χ4v) is 1.13. The Morgan fingerprint density at radius 3 is 2.40 bits per heavy atom. The maximum absolute atomic E-state index is 4.88. The van der Waals surface area contributed by atoms with E-state index in [1.807, 2.05) is 12.1 Å². The Labute approximate surface area is 66.4 Å². The molecule has 1 nitrogen and oxygen atoms in total. The molecule has 1 rings (SSSR count). The SMILES string of the molecule is Bc1ccc(SOC)cc1. The number of rotatable bonds is 2. The second-order valence-corrected chi connectivity index (χ2v) is 3.03. The molecule has 0 aliphatic heterocycles. The van der Waals surface area contributed by atoms with Gasteiger partial charge in [-0.2, -0.15) is 0 Å². The summed E-state index contributed by atoms with van der Waals surface area (Å²) in [5, 5.41) is 0. The van der Waals surface area contributed by atoms with Gasteiger partial charge in [0.1, 0.15) is 7.85 Å². The van der Waals surface area contributed by atoms with E-state index in [4.69, 9.17) is 4.18 Å². The third-order valence-electron chi connectivity index (χ3n) is 1.20. The van der Waals surface area contributed by atoms with Crippen LogP contribution < -0.4 is 5.46 Å². The van der Waals surface area contributed by atoms with Crippen molar-refractivity contribution in [3.63, 3.8) is 0 Å². The van der Waals surface area contributed by atoms with Gasteiger partial charge >= 0.3 is 0 Å². The lowest BCUT2D eigenvalue weighted by Crippen LogP contribution is -1.98. The van der Waals surface area contributed by atoms with E-state index in [0.29, 0.717) is 0 Å². The van der Waals surface area contributed by atoms with Crippen LogP contribution in [-0.4, -0.2) is 15.0 Å². The van der Waals surface area contributed by atoms with Crippen molar-refractivity contribution < 1.29 is 4.18 Å². The zero-order valence-electron chi connectivity index (χ0n) is 6.13. The van der Waals surface area contributed by atoms with Crippen LogP contribution in [-0.2, 0) is 4.18 Å². The average Bonchev–Trinajstić information content (AvgIpc) is 1.95. The molecule has 0 aromatic heterocycles. The van der Waals surface area contributed by atoms with Crippen molar-refractivity contribution in [2.75, 3.05) is 7.11 Å². The van der Waals surface area contributed by atoms with Crippen molar-refractivity contribution in [3.05, 3.63) is 24.3 Å². The lowest BCUT2D eigenvalue weighted by Gasteiger charge is -1.96. The van der Waals surface area contributed by atoms with Crippen molar-refractivity contribution in [3.8, 4) is 0 Å². The quantitative estimate of drug-likeness (QED) is 0.453. The topological polar surface area (TPSA) is 9.23 Å². The Kier molecular flexibility index (Phi) is 2.84. The summed E-state index contributed by atoms with van der Waals surface area (Å²) in [6.45, 7) is 0. The highest BCUT2D eigenvalue weighted by atomic mass is 32.2. The third-order valence-corrected chi connectivity index (χ3v) is 1.83. The second-order valence-electron chi connectivity index (χ2n) is 2.06. The van der Waals surface area contributed by atoms with Gasteiger partial charge in [-0.15, -0.1) is 0 Å². The molecule has 10 heavy (non-hydrogen) atoms. The highest BCUT2D eigenvalue weighted by Gasteiger charge is 1.89. The highest BCUT2D eigenvalue weighted by molar-refractivity contribution is 7.94. The Morgan fingerprint density at radius 1 is 1.30 bits per heavy atom. The van der Waals surface area contributed by atoms with Gasteiger partial charge in [0.15, 0.2) is 0 Å². The summed E-state index contributed by atoms with van der Waals surface area (Å²) in [5.41, 5.74) is 1.28. The van der Waals surface area contributed by atoms with Crippen molar-refractivity contribution in [1.29, 1.82) is 0 Å². The molecular formula is C7H9BOS. The molecule has 0 amide bonds. The molecule has 1 aromatic rings. The minimum atomic E-state index is 1.15. The Morgan fingerprint density at radius 2 is 1.90 bits per heavy atom. The molecular weight excluding hydrogens is 143 g/mol. The highest BCUT2D eigenvalue weighted by Crippen LogP contribution is 2.15. The molecule has 52 valence electrons. The normalized spacial score (nSPS) is 9.70. The third kappa shape index (κ3) is 2.08. The van der Waals surface area contributed by atoms with Crippen molar-refractivity contribution >= 4 is 25.4 Å². The molecule has 0 saturated carbocycles. The molecule has 0 fully saturated rings. The Bertz CT molecular complexity index is 197. The molecule has 0 aliphatic carbocycles. The molecule has 3 heteroatoms. The fraction of sp³-hybridized carbons (Fsp3) is 0.143. The predicted octanol–water partition coefficient (Wildman–Crippen LogP) is 0.599. The molecule has 0 N–H and O–H groups in total. The maximum atomic E-state index is 4.88. The number of hydrogen-bond acceptors (Lipinski definition) is 2. The van der Waals surface area contributed by atoms with Gasteiger partial charge in [-0.1, -0.05) is 17.6 Å². The standard InChI is InChI=1S/C7H9BOS/c1-9-10-7-4-2-6(8)3-5-7/h2-5H,8H2,1H3. The van der Waals surface area contributed by atoms with Gasteiger partial charge in [0.2, 0.25) is 0 Å². The van der Waals surface area contributed by atoms with E-state index in [9.17, 15) is 0 Å². The van der Waals surface area contributed by atoms with Crippen LogP contribution in [0, 0.1) is 0 Å². The summed E-state index contributed by atoms with van der Waals surface area (Å²) < 4.78 is 4.88. The fourth-order valence-electron chi connectivity index (χ4n) is 0.690. The van der Waals surface area contributed by atoms with Gasteiger partial charge in [-0.3, -0.25) is 0 Å². The zero-order chi connectivity index (χ0) is 7.40. The van der Waals surface area contributed by atoms with Gasteiger partial charge in [-0.05, 0) is 12.1 Å². The summed E-state index contributed by atoms with van der Waals surface area (Å²) >= 11 is 1.38. The van der Waals surface area contributed by atoms with E-state index in [2.05, 4.69) is 20.0 Å². The van der Waals surface area contributed by atoms with Gasteiger partial charge in [0.25, 0.3) is 0 Å². The van der Waals surface area contributed by atoms with Crippen LogP contribution in [0.25, 0.3) is 0 Å². The van der Waals surface area contributed by atoms with Crippen LogP contribution in [0.1, 0.15) is 0 Å². The van der Waals surface area contributed by atoms with E-state index in [-0.39, 0.29) is 0 Å². The Balaban J connectivity index is 2.69. The molecule has 0 saturated heterocycles. The summed E-state index contributed by atoms with van der Waals surface area (Å²) in [6, 6.07) is 8.23. The first-order valence-corrected chi connectivity index (χ1v) is 3.84. The zero-order valence-corrected chi connectivity index (χ0v) is 6.94. The molecule has 0 radical (unpaired) electrons. The summed E-state index contributed by atoms with van der Waals surface area (Å²) in [6.07, 6.45) is 0. The molecule has 0 spiro atoms.